The zero-order valence-electron chi connectivity index (χ0n) is 14.7. The molecule has 2 aromatic carbocycles. The summed E-state index contributed by atoms with van der Waals surface area (Å²) in [6.45, 7) is 2.49. The Morgan fingerprint density at radius 1 is 1.12 bits per heavy atom. The molecule has 3 aromatic rings. The van der Waals surface area contributed by atoms with Crippen LogP contribution in [0.25, 0.3) is 10.9 Å². The molecular formula is C20H20N2O4. The first-order valence-electron chi connectivity index (χ1n) is 8.27. The normalized spacial score (nSPS) is 10.5. The molecule has 2 N–H and O–H groups in total. The molecule has 0 aliphatic carbocycles. The molecule has 3 rings (SSSR count). The van der Waals surface area contributed by atoms with Crippen LogP contribution in [0.1, 0.15) is 15.9 Å². The van der Waals surface area contributed by atoms with Gasteiger partial charge in [-0.2, -0.15) is 0 Å². The van der Waals surface area contributed by atoms with Gasteiger partial charge in [0.25, 0.3) is 5.91 Å². The topological polar surface area (TPSA) is 80.4 Å². The SMILES string of the molecule is COc1ccccc1OCCNC(=O)c1cc(=O)[nH]c2cccc(C)c12. The lowest BCUT2D eigenvalue weighted by molar-refractivity contribution is 0.0948. The number of methoxy groups -OCH3 is 1. The molecule has 6 heteroatoms. The summed E-state index contributed by atoms with van der Waals surface area (Å²) in [4.78, 5) is 27.1. The molecule has 6 nitrogen and oxygen atoms in total. The number of aromatic amines is 1. The van der Waals surface area contributed by atoms with Crippen molar-refractivity contribution in [3.8, 4) is 11.5 Å². The van der Waals surface area contributed by atoms with E-state index in [0.29, 0.717) is 29.1 Å². The summed E-state index contributed by atoms with van der Waals surface area (Å²) in [5.74, 6) is 0.941. The highest BCUT2D eigenvalue weighted by atomic mass is 16.5. The molecule has 0 spiro atoms. The van der Waals surface area contributed by atoms with Crippen LogP contribution in [-0.2, 0) is 0 Å². The zero-order valence-corrected chi connectivity index (χ0v) is 14.7. The number of para-hydroxylation sites is 2. The number of nitrogens with one attached hydrogen (secondary N) is 2. The molecule has 0 saturated carbocycles. The summed E-state index contributed by atoms with van der Waals surface area (Å²) < 4.78 is 10.9. The van der Waals surface area contributed by atoms with Gasteiger partial charge in [-0.15, -0.1) is 0 Å². The van der Waals surface area contributed by atoms with Gasteiger partial charge in [0, 0.05) is 17.0 Å². The fourth-order valence-electron chi connectivity index (χ4n) is 2.84. The molecule has 1 aromatic heterocycles. The Morgan fingerprint density at radius 3 is 2.65 bits per heavy atom. The summed E-state index contributed by atoms with van der Waals surface area (Å²) in [5, 5.41) is 3.54. The summed E-state index contributed by atoms with van der Waals surface area (Å²) in [6, 6.07) is 14.2. The smallest absolute Gasteiger partial charge is 0.252 e. The van der Waals surface area contributed by atoms with E-state index in [4.69, 9.17) is 9.47 Å². The van der Waals surface area contributed by atoms with Gasteiger partial charge in [0.05, 0.1) is 19.2 Å². The summed E-state index contributed by atoms with van der Waals surface area (Å²) in [7, 11) is 1.57. The Labute approximate surface area is 150 Å². The standard InChI is InChI=1S/C20H20N2O4/c1-13-6-5-7-15-19(13)14(12-18(23)22-15)20(24)21-10-11-26-17-9-4-3-8-16(17)25-2/h3-9,12H,10-11H2,1-2H3,(H,21,24)(H,22,23). The molecule has 0 aliphatic rings. The predicted octanol–water partition coefficient (Wildman–Crippen LogP) is 2.65. The maximum absolute atomic E-state index is 12.6. The van der Waals surface area contributed by atoms with E-state index < -0.39 is 0 Å². The molecule has 0 bridgehead atoms. The first kappa shape index (κ1) is 17.5. The third-order valence-corrected chi connectivity index (χ3v) is 4.03. The molecule has 1 heterocycles. The predicted molar refractivity (Wildman–Crippen MR) is 100 cm³/mol. The van der Waals surface area contributed by atoms with Crippen LogP contribution < -0.4 is 20.3 Å². The lowest BCUT2D eigenvalue weighted by Crippen LogP contribution is -2.29. The van der Waals surface area contributed by atoms with Crippen LogP contribution in [0.3, 0.4) is 0 Å². The van der Waals surface area contributed by atoms with Crippen molar-refractivity contribution in [2.24, 2.45) is 0 Å². The number of rotatable bonds is 6. The van der Waals surface area contributed by atoms with Gasteiger partial charge in [0.15, 0.2) is 11.5 Å². The quantitative estimate of drug-likeness (QED) is 0.669. The van der Waals surface area contributed by atoms with E-state index in [1.807, 2.05) is 31.2 Å². The highest BCUT2D eigenvalue weighted by Gasteiger charge is 2.13. The maximum Gasteiger partial charge on any atom is 0.252 e. The average molecular weight is 352 g/mol. The number of ether oxygens (including phenoxy) is 2. The van der Waals surface area contributed by atoms with Gasteiger partial charge in [-0.25, -0.2) is 0 Å². The Balaban J connectivity index is 1.69. The van der Waals surface area contributed by atoms with E-state index in [1.165, 1.54) is 6.07 Å². The van der Waals surface area contributed by atoms with E-state index in [9.17, 15) is 9.59 Å². The monoisotopic (exact) mass is 352 g/mol. The Bertz CT molecular complexity index is 995. The summed E-state index contributed by atoms with van der Waals surface area (Å²) >= 11 is 0. The molecule has 0 unspecified atom stereocenters. The number of pyridine rings is 1. The minimum atomic E-state index is -0.307. The van der Waals surface area contributed by atoms with Crippen molar-refractivity contribution in [2.45, 2.75) is 6.92 Å². The van der Waals surface area contributed by atoms with Crippen LogP contribution in [0.15, 0.2) is 53.3 Å². The lowest BCUT2D eigenvalue weighted by Gasteiger charge is -2.12. The Kier molecular flexibility index (Phi) is 5.22. The molecule has 134 valence electrons. The van der Waals surface area contributed by atoms with E-state index in [-0.39, 0.29) is 18.1 Å². The number of fused-ring (bicyclic) bond motifs is 1. The van der Waals surface area contributed by atoms with Gasteiger partial charge < -0.3 is 19.8 Å². The van der Waals surface area contributed by atoms with Gasteiger partial charge >= 0.3 is 0 Å². The second-order valence-corrected chi connectivity index (χ2v) is 5.80. The van der Waals surface area contributed by atoms with Gasteiger partial charge in [0.2, 0.25) is 5.56 Å². The summed E-state index contributed by atoms with van der Waals surface area (Å²) in [6.07, 6.45) is 0. The number of carbonyl (C=O) groups excluding carboxylic acids is 1. The van der Waals surface area contributed by atoms with Crippen molar-refractivity contribution >= 4 is 16.8 Å². The first-order valence-corrected chi connectivity index (χ1v) is 8.27. The highest BCUT2D eigenvalue weighted by Crippen LogP contribution is 2.25. The molecule has 0 saturated heterocycles. The number of hydrogen-bond acceptors (Lipinski definition) is 4. The molecule has 0 radical (unpaired) electrons. The van der Waals surface area contributed by atoms with E-state index in [2.05, 4.69) is 10.3 Å². The van der Waals surface area contributed by atoms with Crippen molar-refractivity contribution in [1.82, 2.24) is 10.3 Å². The van der Waals surface area contributed by atoms with Crippen molar-refractivity contribution in [2.75, 3.05) is 20.3 Å². The fourth-order valence-corrected chi connectivity index (χ4v) is 2.84. The Morgan fingerprint density at radius 2 is 1.88 bits per heavy atom. The van der Waals surface area contributed by atoms with Crippen LogP contribution in [0.2, 0.25) is 0 Å². The third-order valence-electron chi connectivity index (χ3n) is 4.03. The van der Waals surface area contributed by atoms with Crippen LogP contribution in [0, 0.1) is 6.92 Å². The van der Waals surface area contributed by atoms with Gasteiger partial charge in [-0.05, 0) is 30.7 Å². The van der Waals surface area contributed by atoms with Gasteiger partial charge in [-0.1, -0.05) is 24.3 Å². The summed E-state index contributed by atoms with van der Waals surface area (Å²) in [5.41, 5.74) is 1.62. The highest BCUT2D eigenvalue weighted by molar-refractivity contribution is 6.07. The molecule has 1 amide bonds. The minimum Gasteiger partial charge on any atom is -0.493 e. The van der Waals surface area contributed by atoms with Crippen molar-refractivity contribution in [1.29, 1.82) is 0 Å². The second-order valence-electron chi connectivity index (χ2n) is 5.80. The molecule has 26 heavy (non-hydrogen) atoms. The third kappa shape index (κ3) is 3.69. The number of aryl methyl sites for hydroxylation is 1. The first-order chi connectivity index (χ1) is 12.6. The average Bonchev–Trinajstić information content (AvgIpc) is 2.64. The number of H-pyrrole nitrogens is 1. The zero-order chi connectivity index (χ0) is 18.5. The minimum absolute atomic E-state index is 0.284. The Hall–Kier alpha value is -3.28. The van der Waals surface area contributed by atoms with Crippen LogP contribution in [-0.4, -0.2) is 31.2 Å². The van der Waals surface area contributed by atoms with E-state index >= 15 is 0 Å². The molecule has 0 fully saturated rings. The van der Waals surface area contributed by atoms with Crippen molar-refractivity contribution in [3.63, 3.8) is 0 Å². The number of carbonyl (C=O) groups is 1. The van der Waals surface area contributed by atoms with E-state index in [0.717, 1.165) is 10.9 Å². The molecule has 0 aliphatic heterocycles. The fraction of sp³-hybridized carbons (Fsp3) is 0.200. The number of amides is 1. The molecule has 0 atom stereocenters. The number of hydrogen-bond donors (Lipinski definition) is 2. The van der Waals surface area contributed by atoms with Crippen LogP contribution in [0.5, 0.6) is 11.5 Å². The number of benzene rings is 2. The van der Waals surface area contributed by atoms with Crippen LogP contribution in [0.4, 0.5) is 0 Å². The van der Waals surface area contributed by atoms with Gasteiger partial charge in [-0.3, -0.25) is 9.59 Å². The van der Waals surface area contributed by atoms with Crippen LogP contribution >= 0.6 is 0 Å². The second kappa shape index (κ2) is 7.74. The molecular weight excluding hydrogens is 332 g/mol. The van der Waals surface area contributed by atoms with Gasteiger partial charge in [0.1, 0.15) is 6.61 Å². The van der Waals surface area contributed by atoms with Crippen molar-refractivity contribution in [3.05, 3.63) is 70.0 Å². The maximum atomic E-state index is 12.6. The number of aromatic nitrogens is 1. The largest absolute Gasteiger partial charge is 0.493 e. The van der Waals surface area contributed by atoms with Crippen molar-refractivity contribution < 1.29 is 14.3 Å². The van der Waals surface area contributed by atoms with E-state index in [1.54, 1.807) is 25.3 Å². The lowest BCUT2D eigenvalue weighted by atomic mass is 10.0.